The lowest BCUT2D eigenvalue weighted by Crippen LogP contribution is -2.00. The van der Waals surface area contributed by atoms with E-state index in [9.17, 15) is 0 Å². The predicted octanol–water partition coefficient (Wildman–Crippen LogP) is 4.73. The maximum absolute atomic E-state index is 6.43. The van der Waals surface area contributed by atoms with Crippen molar-refractivity contribution in [3.63, 3.8) is 0 Å². The smallest absolute Gasteiger partial charge is 0.143 e. The molecule has 0 atom stereocenters. The molecular formula is C17H16ClN3. The van der Waals surface area contributed by atoms with Crippen molar-refractivity contribution in [2.45, 2.75) is 18.9 Å². The van der Waals surface area contributed by atoms with E-state index in [4.69, 9.17) is 16.6 Å². The molecule has 1 aliphatic rings. The van der Waals surface area contributed by atoms with Crippen LogP contribution in [-0.2, 0) is 0 Å². The molecule has 1 aromatic heterocycles. The lowest BCUT2D eigenvalue weighted by Gasteiger charge is -2.12. The van der Waals surface area contributed by atoms with Crippen molar-refractivity contribution in [2.24, 2.45) is 0 Å². The molecule has 3 nitrogen and oxygen atoms in total. The van der Waals surface area contributed by atoms with Gasteiger partial charge in [-0.2, -0.15) is 0 Å². The summed E-state index contributed by atoms with van der Waals surface area (Å²) in [6.07, 6.45) is 2.40. The maximum Gasteiger partial charge on any atom is 0.143 e. The van der Waals surface area contributed by atoms with E-state index in [1.165, 1.54) is 12.8 Å². The van der Waals surface area contributed by atoms with Crippen molar-refractivity contribution in [3.8, 4) is 11.4 Å². The van der Waals surface area contributed by atoms with Gasteiger partial charge in [0.05, 0.1) is 16.1 Å². The second-order valence-corrected chi connectivity index (χ2v) is 5.85. The van der Waals surface area contributed by atoms with E-state index in [2.05, 4.69) is 22.0 Å². The molecule has 1 heterocycles. The van der Waals surface area contributed by atoms with Crippen LogP contribution in [0.15, 0.2) is 42.5 Å². The molecule has 0 spiro atoms. The first kappa shape index (κ1) is 12.7. The largest absolute Gasteiger partial charge is 0.388 e. The van der Waals surface area contributed by atoms with E-state index in [-0.39, 0.29) is 0 Å². The molecule has 1 aliphatic carbocycles. The van der Waals surface area contributed by atoms with Gasteiger partial charge in [0.2, 0.25) is 0 Å². The molecule has 0 bridgehead atoms. The highest BCUT2D eigenvalue weighted by Crippen LogP contribution is 2.43. The van der Waals surface area contributed by atoms with E-state index >= 15 is 0 Å². The van der Waals surface area contributed by atoms with Crippen molar-refractivity contribution in [1.82, 2.24) is 9.55 Å². The summed E-state index contributed by atoms with van der Waals surface area (Å²) in [5.74, 6) is 1.01. The summed E-state index contributed by atoms with van der Waals surface area (Å²) in [6.45, 7) is 0. The molecule has 0 aliphatic heterocycles. The van der Waals surface area contributed by atoms with E-state index in [0.717, 1.165) is 33.1 Å². The molecule has 1 saturated carbocycles. The number of imidazole rings is 1. The molecule has 4 heteroatoms. The molecule has 106 valence electrons. The number of hydrogen-bond acceptors (Lipinski definition) is 2. The van der Waals surface area contributed by atoms with Gasteiger partial charge in [-0.3, -0.25) is 0 Å². The van der Waals surface area contributed by atoms with Crippen molar-refractivity contribution in [3.05, 3.63) is 47.5 Å². The highest BCUT2D eigenvalue weighted by atomic mass is 35.5. The summed E-state index contributed by atoms with van der Waals surface area (Å²) in [5, 5.41) is 4.03. The van der Waals surface area contributed by atoms with Crippen LogP contribution in [0.2, 0.25) is 5.02 Å². The molecule has 0 radical (unpaired) electrons. The zero-order chi connectivity index (χ0) is 14.4. The number of benzene rings is 2. The Morgan fingerprint density at radius 2 is 1.95 bits per heavy atom. The fourth-order valence-electron chi connectivity index (χ4n) is 2.88. The minimum Gasteiger partial charge on any atom is -0.388 e. The molecule has 1 N–H and O–H groups in total. The molecular weight excluding hydrogens is 282 g/mol. The number of nitrogens with zero attached hydrogens (tertiary/aromatic N) is 2. The minimum atomic E-state index is 0.523. The van der Waals surface area contributed by atoms with Gasteiger partial charge >= 0.3 is 0 Å². The van der Waals surface area contributed by atoms with Gasteiger partial charge in [-0.1, -0.05) is 29.8 Å². The van der Waals surface area contributed by atoms with Crippen LogP contribution in [0.5, 0.6) is 0 Å². The first-order valence-electron chi connectivity index (χ1n) is 7.23. The fourth-order valence-corrected chi connectivity index (χ4v) is 3.14. The zero-order valence-corrected chi connectivity index (χ0v) is 12.6. The number of aromatic nitrogens is 2. The average molecular weight is 298 g/mol. The summed E-state index contributed by atoms with van der Waals surface area (Å²) >= 11 is 6.43. The quantitative estimate of drug-likeness (QED) is 0.757. The highest BCUT2D eigenvalue weighted by Gasteiger charge is 2.30. The number of rotatable bonds is 3. The summed E-state index contributed by atoms with van der Waals surface area (Å²) in [4.78, 5) is 4.85. The second-order valence-electron chi connectivity index (χ2n) is 5.44. The lowest BCUT2D eigenvalue weighted by molar-refractivity contribution is 0.775. The third-order valence-corrected chi connectivity index (χ3v) is 4.32. The summed E-state index contributed by atoms with van der Waals surface area (Å²) in [6, 6.07) is 14.7. The van der Waals surface area contributed by atoms with Gasteiger partial charge in [-0.05, 0) is 37.1 Å². The van der Waals surface area contributed by atoms with Crippen LogP contribution in [0.4, 0.5) is 5.69 Å². The topological polar surface area (TPSA) is 29.9 Å². The molecule has 4 rings (SSSR count). The molecule has 1 fully saturated rings. The van der Waals surface area contributed by atoms with E-state index < -0.39 is 0 Å². The normalized spacial score (nSPS) is 14.6. The molecule has 2 aromatic carbocycles. The fraction of sp³-hybridized carbons (Fsp3) is 0.235. The number of hydrogen-bond donors (Lipinski definition) is 1. The van der Waals surface area contributed by atoms with E-state index in [0.29, 0.717) is 6.04 Å². The van der Waals surface area contributed by atoms with Gasteiger partial charge in [-0.15, -0.1) is 0 Å². The Morgan fingerprint density at radius 1 is 1.14 bits per heavy atom. The van der Waals surface area contributed by atoms with E-state index in [1.54, 1.807) is 0 Å². The Kier molecular flexibility index (Phi) is 2.89. The molecule has 0 amide bonds. The molecule has 21 heavy (non-hydrogen) atoms. The number of fused-ring (bicyclic) bond motifs is 1. The van der Waals surface area contributed by atoms with Gasteiger partial charge in [0.1, 0.15) is 5.82 Å². The zero-order valence-electron chi connectivity index (χ0n) is 11.8. The monoisotopic (exact) mass is 297 g/mol. The summed E-state index contributed by atoms with van der Waals surface area (Å²) in [5.41, 5.74) is 4.24. The Morgan fingerprint density at radius 3 is 2.71 bits per heavy atom. The predicted molar refractivity (Wildman–Crippen MR) is 88.0 cm³/mol. The van der Waals surface area contributed by atoms with Gasteiger partial charge in [0, 0.05) is 24.3 Å². The van der Waals surface area contributed by atoms with Crippen LogP contribution >= 0.6 is 11.6 Å². The highest BCUT2D eigenvalue weighted by molar-refractivity contribution is 6.35. The SMILES string of the molecule is CNc1ccccc1-c1nc2cccc(Cl)c2n1C1CC1. The Labute approximate surface area is 128 Å². The van der Waals surface area contributed by atoms with Crippen molar-refractivity contribution >= 4 is 28.3 Å². The third-order valence-electron chi connectivity index (χ3n) is 4.01. The lowest BCUT2D eigenvalue weighted by atomic mass is 10.1. The van der Waals surface area contributed by atoms with Gasteiger partial charge < -0.3 is 9.88 Å². The van der Waals surface area contributed by atoms with Crippen LogP contribution in [0.25, 0.3) is 22.4 Å². The number of halogens is 1. The average Bonchev–Trinajstić information content (AvgIpc) is 3.27. The van der Waals surface area contributed by atoms with Crippen molar-refractivity contribution < 1.29 is 0 Å². The first-order valence-corrected chi connectivity index (χ1v) is 7.61. The number of para-hydroxylation sites is 2. The van der Waals surface area contributed by atoms with Crippen LogP contribution in [0.1, 0.15) is 18.9 Å². The van der Waals surface area contributed by atoms with Crippen LogP contribution in [-0.4, -0.2) is 16.6 Å². The molecule has 0 saturated heterocycles. The second kappa shape index (κ2) is 4.78. The third kappa shape index (κ3) is 2.00. The summed E-state index contributed by atoms with van der Waals surface area (Å²) in [7, 11) is 1.94. The van der Waals surface area contributed by atoms with Crippen LogP contribution in [0, 0.1) is 0 Å². The van der Waals surface area contributed by atoms with E-state index in [1.807, 2.05) is 37.4 Å². The number of nitrogens with one attached hydrogen (secondary N) is 1. The Balaban J connectivity index is 2.05. The standard InChI is InChI=1S/C17H16ClN3/c1-19-14-7-3-2-5-12(14)17-20-15-8-4-6-13(18)16(15)21(17)11-9-10-11/h2-8,11,19H,9-10H2,1H3. The van der Waals surface area contributed by atoms with Crippen LogP contribution < -0.4 is 5.32 Å². The minimum absolute atomic E-state index is 0.523. The first-order chi connectivity index (χ1) is 10.3. The van der Waals surface area contributed by atoms with Gasteiger partial charge in [0.25, 0.3) is 0 Å². The van der Waals surface area contributed by atoms with Gasteiger partial charge in [-0.25, -0.2) is 4.98 Å². The van der Waals surface area contributed by atoms with Crippen LogP contribution in [0.3, 0.4) is 0 Å². The molecule has 0 unspecified atom stereocenters. The maximum atomic E-state index is 6.43. The van der Waals surface area contributed by atoms with Gasteiger partial charge in [0.15, 0.2) is 0 Å². The molecule has 3 aromatic rings. The van der Waals surface area contributed by atoms with Crippen molar-refractivity contribution in [1.29, 1.82) is 0 Å². The number of anilines is 1. The summed E-state index contributed by atoms with van der Waals surface area (Å²) < 4.78 is 2.31. The Bertz CT molecular complexity index is 818. The Hall–Kier alpha value is -2.00. The van der Waals surface area contributed by atoms with Crippen molar-refractivity contribution in [2.75, 3.05) is 12.4 Å².